The third kappa shape index (κ3) is 4.64. The summed E-state index contributed by atoms with van der Waals surface area (Å²) in [6, 6.07) is 18.5. The largest absolute Gasteiger partial charge is 0.350 e. The molecule has 7 nitrogen and oxygen atoms in total. The number of aromatic nitrogens is 3. The lowest BCUT2D eigenvalue weighted by atomic mass is 10.1. The van der Waals surface area contributed by atoms with Gasteiger partial charge in [-0.15, -0.1) is 0 Å². The number of amides is 1. The monoisotopic (exact) mass is 432 g/mol. The second-order valence-electron chi connectivity index (χ2n) is 7.34. The molecule has 4 aromatic rings. The zero-order valence-electron chi connectivity index (χ0n) is 17.2. The van der Waals surface area contributed by atoms with Crippen LogP contribution in [0.25, 0.3) is 11.0 Å². The minimum Gasteiger partial charge on any atom is -0.350 e. The average Bonchev–Trinajstić information content (AvgIpc) is 2.82. The van der Waals surface area contributed by atoms with E-state index in [1.165, 1.54) is 22.9 Å². The number of pyridine rings is 1. The Kier molecular flexibility index (Phi) is 6.21. The molecule has 2 aromatic heterocycles. The van der Waals surface area contributed by atoms with Crippen molar-refractivity contribution < 1.29 is 9.18 Å². The molecule has 2 heterocycles. The van der Waals surface area contributed by atoms with Crippen LogP contribution in [0.3, 0.4) is 0 Å². The number of carbonyl (C=O) groups excluding carboxylic acids is 1. The van der Waals surface area contributed by atoms with Gasteiger partial charge in [-0.2, -0.15) is 0 Å². The van der Waals surface area contributed by atoms with Crippen LogP contribution in [-0.2, 0) is 30.8 Å². The number of halogens is 1. The molecule has 0 atom stereocenters. The van der Waals surface area contributed by atoms with Gasteiger partial charge in [-0.05, 0) is 41.8 Å². The van der Waals surface area contributed by atoms with E-state index in [9.17, 15) is 18.8 Å². The fourth-order valence-corrected chi connectivity index (χ4v) is 3.48. The van der Waals surface area contributed by atoms with Crippen LogP contribution < -0.4 is 16.6 Å². The zero-order chi connectivity index (χ0) is 22.5. The van der Waals surface area contributed by atoms with Gasteiger partial charge in [0.15, 0.2) is 5.52 Å². The van der Waals surface area contributed by atoms with Gasteiger partial charge < -0.3 is 5.32 Å². The molecule has 0 aliphatic rings. The number of nitrogens with zero attached hydrogens (tertiary/aromatic N) is 3. The Morgan fingerprint density at radius 1 is 0.906 bits per heavy atom. The molecule has 0 aliphatic heterocycles. The van der Waals surface area contributed by atoms with Gasteiger partial charge in [0, 0.05) is 19.3 Å². The highest BCUT2D eigenvalue weighted by molar-refractivity contribution is 5.79. The van der Waals surface area contributed by atoms with Crippen molar-refractivity contribution in [3.05, 3.63) is 111 Å². The zero-order valence-corrected chi connectivity index (χ0v) is 17.2. The molecule has 2 aromatic carbocycles. The predicted molar refractivity (Wildman–Crippen MR) is 119 cm³/mol. The van der Waals surface area contributed by atoms with Crippen LogP contribution in [0.2, 0.25) is 0 Å². The molecule has 8 heteroatoms. The van der Waals surface area contributed by atoms with Gasteiger partial charge in [-0.3, -0.25) is 18.7 Å². The molecule has 0 fully saturated rings. The summed E-state index contributed by atoms with van der Waals surface area (Å²) >= 11 is 0. The molecular weight excluding hydrogens is 411 g/mol. The minimum absolute atomic E-state index is 0.131. The first-order valence-corrected chi connectivity index (χ1v) is 10.2. The lowest BCUT2D eigenvalue weighted by Crippen LogP contribution is -2.43. The highest BCUT2D eigenvalue weighted by Crippen LogP contribution is 2.06. The Labute approximate surface area is 182 Å². The van der Waals surface area contributed by atoms with Crippen molar-refractivity contribution in [2.24, 2.45) is 0 Å². The summed E-state index contributed by atoms with van der Waals surface area (Å²) in [5.41, 5.74) is 1.10. The van der Waals surface area contributed by atoms with E-state index in [-0.39, 0.29) is 31.0 Å². The SMILES string of the molecule is O=C(Cn1c(=O)n(CCc2ccccc2)c(=O)c2ncccc21)NCc1ccc(F)cc1. The highest BCUT2D eigenvalue weighted by atomic mass is 19.1. The molecule has 0 aliphatic carbocycles. The highest BCUT2D eigenvalue weighted by Gasteiger charge is 2.16. The first-order valence-electron chi connectivity index (χ1n) is 10.2. The van der Waals surface area contributed by atoms with Gasteiger partial charge in [0.2, 0.25) is 5.91 Å². The van der Waals surface area contributed by atoms with E-state index in [1.807, 2.05) is 30.3 Å². The van der Waals surface area contributed by atoms with Crippen molar-refractivity contribution in [2.45, 2.75) is 26.1 Å². The van der Waals surface area contributed by atoms with Crippen LogP contribution >= 0.6 is 0 Å². The number of aryl methyl sites for hydroxylation is 1. The number of benzene rings is 2. The second-order valence-corrected chi connectivity index (χ2v) is 7.34. The molecule has 0 saturated carbocycles. The van der Waals surface area contributed by atoms with Crippen molar-refractivity contribution >= 4 is 16.9 Å². The first kappa shape index (κ1) is 21.2. The normalized spacial score (nSPS) is 10.9. The summed E-state index contributed by atoms with van der Waals surface area (Å²) in [6.45, 7) is 0.0942. The van der Waals surface area contributed by atoms with E-state index in [4.69, 9.17) is 0 Å². The molecule has 0 saturated heterocycles. The molecule has 1 N–H and O–H groups in total. The Bertz CT molecular complexity index is 1360. The standard InChI is InChI=1S/C24H21FN4O3/c25-19-10-8-18(9-11-19)15-27-21(30)16-29-20-7-4-13-26-22(20)23(31)28(24(29)32)14-12-17-5-2-1-3-6-17/h1-11,13H,12,14-16H2,(H,27,30). The molecule has 32 heavy (non-hydrogen) atoms. The first-order chi connectivity index (χ1) is 15.5. The van der Waals surface area contributed by atoms with Crippen molar-refractivity contribution in [3.8, 4) is 0 Å². The fraction of sp³-hybridized carbons (Fsp3) is 0.167. The van der Waals surface area contributed by atoms with Gasteiger partial charge in [-0.25, -0.2) is 14.2 Å². The van der Waals surface area contributed by atoms with E-state index in [0.29, 0.717) is 11.9 Å². The van der Waals surface area contributed by atoms with Crippen LogP contribution in [0.4, 0.5) is 4.39 Å². The maximum absolute atomic E-state index is 13.1. The Balaban J connectivity index is 1.61. The molecule has 0 unspecified atom stereocenters. The Hall–Kier alpha value is -4.07. The summed E-state index contributed by atoms with van der Waals surface area (Å²) in [4.78, 5) is 42.8. The van der Waals surface area contributed by atoms with Crippen LogP contribution in [0.1, 0.15) is 11.1 Å². The van der Waals surface area contributed by atoms with Crippen LogP contribution in [-0.4, -0.2) is 20.0 Å². The number of hydrogen-bond acceptors (Lipinski definition) is 4. The van der Waals surface area contributed by atoms with Crippen LogP contribution in [0.5, 0.6) is 0 Å². The maximum atomic E-state index is 13.1. The van der Waals surface area contributed by atoms with Gasteiger partial charge >= 0.3 is 5.69 Å². The van der Waals surface area contributed by atoms with E-state index in [2.05, 4.69) is 10.3 Å². The Morgan fingerprint density at radius 3 is 2.41 bits per heavy atom. The predicted octanol–water partition coefficient (Wildman–Crippen LogP) is 2.26. The fourth-order valence-electron chi connectivity index (χ4n) is 3.48. The maximum Gasteiger partial charge on any atom is 0.332 e. The molecule has 162 valence electrons. The van der Waals surface area contributed by atoms with Gasteiger partial charge in [-0.1, -0.05) is 42.5 Å². The third-order valence-corrected chi connectivity index (χ3v) is 5.16. The molecule has 0 bridgehead atoms. The minimum atomic E-state index is -0.566. The molecule has 0 radical (unpaired) electrons. The van der Waals surface area contributed by atoms with E-state index in [0.717, 1.165) is 15.7 Å². The Morgan fingerprint density at radius 2 is 1.66 bits per heavy atom. The van der Waals surface area contributed by atoms with Crippen molar-refractivity contribution in [1.29, 1.82) is 0 Å². The summed E-state index contributed by atoms with van der Waals surface area (Å²) in [5, 5.41) is 2.72. The summed E-state index contributed by atoms with van der Waals surface area (Å²) in [5.74, 6) is -0.766. The van der Waals surface area contributed by atoms with Crippen LogP contribution in [0.15, 0.2) is 82.5 Å². The lowest BCUT2D eigenvalue weighted by molar-refractivity contribution is -0.121. The third-order valence-electron chi connectivity index (χ3n) is 5.16. The molecule has 4 rings (SSSR count). The summed E-state index contributed by atoms with van der Waals surface area (Å²) in [6.07, 6.45) is 1.97. The van der Waals surface area contributed by atoms with Gasteiger partial charge in [0.05, 0.1) is 5.52 Å². The van der Waals surface area contributed by atoms with Crippen molar-refractivity contribution in [3.63, 3.8) is 0 Å². The van der Waals surface area contributed by atoms with E-state index >= 15 is 0 Å². The summed E-state index contributed by atoms with van der Waals surface area (Å²) in [7, 11) is 0. The van der Waals surface area contributed by atoms with E-state index < -0.39 is 17.2 Å². The smallest absolute Gasteiger partial charge is 0.332 e. The number of carbonyl (C=O) groups is 1. The van der Waals surface area contributed by atoms with Gasteiger partial charge in [0.25, 0.3) is 5.56 Å². The quantitative estimate of drug-likeness (QED) is 0.485. The van der Waals surface area contributed by atoms with E-state index in [1.54, 1.807) is 24.3 Å². The van der Waals surface area contributed by atoms with Gasteiger partial charge in [0.1, 0.15) is 12.4 Å². The second kappa shape index (κ2) is 9.38. The number of hydrogen-bond donors (Lipinski definition) is 1. The number of rotatable bonds is 7. The lowest BCUT2D eigenvalue weighted by Gasteiger charge is -2.14. The van der Waals surface area contributed by atoms with Crippen molar-refractivity contribution in [1.82, 2.24) is 19.4 Å². The molecule has 1 amide bonds. The average molecular weight is 432 g/mol. The number of fused-ring (bicyclic) bond motifs is 1. The van der Waals surface area contributed by atoms with Crippen LogP contribution in [0, 0.1) is 5.82 Å². The molecule has 0 spiro atoms. The topological polar surface area (TPSA) is 86.0 Å². The summed E-state index contributed by atoms with van der Waals surface area (Å²) < 4.78 is 15.4. The van der Waals surface area contributed by atoms with Crippen molar-refractivity contribution in [2.75, 3.05) is 0 Å². The molecular formula is C24H21FN4O3. The number of nitrogens with one attached hydrogen (secondary N) is 1.